The van der Waals surface area contributed by atoms with E-state index in [4.69, 9.17) is 0 Å². The maximum Gasteiger partial charge on any atom is 0.295 e. The van der Waals surface area contributed by atoms with E-state index >= 15 is 0 Å². The highest BCUT2D eigenvalue weighted by molar-refractivity contribution is 6.10. The van der Waals surface area contributed by atoms with Gasteiger partial charge in [-0.15, -0.1) is 0 Å². The molecule has 0 unspecified atom stereocenters. The Bertz CT molecular complexity index is 1520. The molecule has 2 nitrogen and oxygen atoms in total. The highest BCUT2D eigenvalue weighted by Crippen LogP contribution is 2.37. The smallest absolute Gasteiger partial charge is 0.229 e. The normalized spacial score (nSPS) is 12.2. The Morgan fingerprint density at radius 2 is 1.52 bits per heavy atom. The lowest BCUT2D eigenvalue weighted by Crippen LogP contribution is -2.26. The van der Waals surface area contributed by atoms with Crippen LogP contribution in [-0.4, -0.2) is 4.57 Å². The van der Waals surface area contributed by atoms with Gasteiger partial charge in [0.05, 0.1) is 12.4 Å². The Hall–Kier alpha value is -3.13. The number of benzene rings is 3. The summed E-state index contributed by atoms with van der Waals surface area (Å²) in [4.78, 5) is 0. The van der Waals surface area contributed by atoms with Gasteiger partial charge in [0.2, 0.25) is 0 Å². The minimum absolute atomic E-state index is 0.454. The lowest BCUT2D eigenvalue weighted by Gasteiger charge is -2.17. The van der Waals surface area contributed by atoms with Gasteiger partial charge in [0.1, 0.15) is 11.2 Å². The van der Waals surface area contributed by atoms with Crippen LogP contribution in [0.3, 0.4) is 0 Å². The molecule has 5 aromatic rings. The van der Waals surface area contributed by atoms with Crippen molar-refractivity contribution in [3.05, 3.63) is 83.0 Å². The molecular formula is C31H35N2+. The molecule has 0 aliphatic rings. The molecular weight excluding hydrogens is 400 g/mol. The molecule has 0 bridgehead atoms. The third-order valence-electron chi connectivity index (χ3n) is 7.20. The molecule has 2 heterocycles. The van der Waals surface area contributed by atoms with E-state index in [9.17, 15) is 0 Å². The average Bonchev–Trinajstić information content (AvgIpc) is 3.04. The van der Waals surface area contributed by atoms with Crippen LogP contribution in [0.15, 0.2) is 60.7 Å². The fourth-order valence-electron chi connectivity index (χ4n) is 5.63. The molecule has 3 aromatic carbocycles. The Kier molecular flexibility index (Phi) is 5.28. The van der Waals surface area contributed by atoms with Gasteiger partial charge in [-0.1, -0.05) is 82.3 Å². The summed E-state index contributed by atoms with van der Waals surface area (Å²) in [7, 11) is 2.23. The second-order valence-electron chi connectivity index (χ2n) is 10.3. The summed E-state index contributed by atoms with van der Waals surface area (Å²) < 4.78 is 4.96. The summed E-state index contributed by atoms with van der Waals surface area (Å²) >= 11 is 0. The molecule has 0 radical (unpaired) electrons. The molecule has 0 amide bonds. The van der Waals surface area contributed by atoms with E-state index in [0.717, 1.165) is 6.42 Å². The molecule has 168 valence electrons. The van der Waals surface area contributed by atoms with Gasteiger partial charge < -0.3 is 0 Å². The molecule has 2 aromatic heterocycles. The number of imidazole rings is 1. The topological polar surface area (TPSA) is 9.03 Å². The van der Waals surface area contributed by atoms with Crippen molar-refractivity contribution in [2.24, 2.45) is 13.0 Å². The fraction of sp³-hybridized carbons (Fsp3) is 0.323. The van der Waals surface area contributed by atoms with Crippen LogP contribution in [0.4, 0.5) is 0 Å². The second kappa shape index (κ2) is 8.02. The minimum atomic E-state index is 0.454. The van der Waals surface area contributed by atoms with Gasteiger partial charge in [0.15, 0.2) is 5.69 Å². The summed E-state index contributed by atoms with van der Waals surface area (Å²) in [5.41, 5.74) is 10.8. The first-order chi connectivity index (χ1) is 15.8. The lowest BCUT2D eigenvalue weighted by atomic mass is 9.87. The number of aryl methyl sites for hydroxylation is 2. The number of pyridine rings is 1. The first-order valence-electron chi connectivity index (χ1n) is 12.2. The van der Waals surface area contributed by atoms with E-state index in [0.29, 0.717) is 11.8 Å². The van der Waals surface area contributed by atoms with E-state index in [1.807, 2.05) is 0 Å². The number of fused-ring (bicyclic) bond motifs is 6. The van der Waals surface area contributed by atoms with Crippen LogP contribution in [0, 0.1) is 19.8 Å². The largest absolute Gasteiger partial charge is 0.295 e. The molecule has 2 heteroatoms. The third-order valence-corrected chi connectivity index (χ3v) is 7.20. The molecule has 0 fully saturated rings. The van der Waals surface area contributed by atoms with Crippen molar-refractivity contribution < 1.29 is 4.40 Å². The summed E-state index contributed by atoms with van der Waals surface area (Å²) in [5.74, 6) is 1.06. The molecule has 0 saturated heterocycles. The third kappa shape index (κ3) is 3.27. The van der Waals surface area contributed by atoms with Crippen molar-refractivity contribution in [3.63, 3.8) is 0 Å². The first kappa shape index (κ1) is 21.7. The zero-order chi connectivity index (χ0) is 23.4. The molecule has 0 N–H and O–H groups in total. The number of aromatic nitrogens is 2. The molecule has 0 spiro atoms. The van der Waals surface area contributed by atoms with E-state index in [1.54, 1.807) is 0 Å². The van der Waals surface area contributed by atoms with Crippen molar-refractivity contribution in [2.45, 2.75) is 53.9 Å². The quantitative estimate of drug-likeness (QED) is 0.202. The van der Waals surface area contributed by atoms with Crippen LogP contribution in [-0.2, 0) is 13.5 Å². The Morgan fingerprint density at radius 1 is 0.818 bits per heavy atom. The van der Waals surface area contributed by atoms with Gasteiger partial charge in [-0.3, -0.25) is 0 Å². The molecule has 0 aliphatic heterocycles. The first-order valence-corrected chi connectivity index (χ1v) is 12.2. The van der Waals surface area contributed by atoms with Crippen LogP contribution in [0.25, 0.3) is 38.6 Å². The van der Waals surface area contributed by atoms with Crippen LogP contribution < -0.4 is 4.40 Å². The molecule has 5 rings (SSSR count). The Balaban J connectivity index is 2.07. The summed E-state index contributed by atoms with van der Waals surface area (Å²) in [6, 6.07) is 22.5. The SMILES string of the molecule is Cc1cccc2c3ccccc3[n+]3c(-c4c(CC(C)C)cccc4C(C)C)c(C)n(C)c3c12. The second-order valence-corrected chi connectivity index (χ2v) is 10.3. The Labute approximate surface area is 197 Å². The zero-order valence-corrected chi connectivity index (χ0v) is 21.0. The van der Waals surface area contributed by atoms with Gasteiger partial charge in [0.25, 0.3) is 5.65 Å². The van der Waals surface area contributed by atoms with Gasteiger partial charge in [-0.05, 0) is 47.9 Å². The predicted octanol–water partition coefficient (Wildman–Crippen LogP) is 7.68. The number of hydrogen-bond donors (Lipinski definition) is 0. The molecule has 33 heavy (non-hydrogen) atoms. The average molecular weight is 436 g/mol. The lowest BCUT2D eigenvalue weighted by molar-refractivity contribution is -0.467. The number of para-hydroxylation sites is 1. The highest BCUT2D eigenvalue weighted by atomic mass is 15.1. The van der Waals surface area contributed by atoms with Gasteiger partial charge in [-0.2, -0.15) is 4.40 Å². The summed E-state index contributed by atoms with van der Waals surface area (Å²) in [6.45, 7) is 13.8. The number of rotatable bonds is 4. The summed E-state index contributed by atoms with van der Waals surface area (Å²) in [6.07, 6.45) is 1.08. The van der Waals surface area contributed by atoms with Crippen LogP contribution in [0.2, 0.25) is 0 Å². The molecule has 0 atom stereocenters. The number of nitrogens with zero attached hydrogens (tertiary/aromatic N) is 2. The van der Waals surface area contributed by atoms with E-state index in [-0.39, 0.29) is 0 Å². The Morgan fingerprint density at radius 3 is 2.24 bits per heavy atom. The van der Waals surface area contributed by atoms with Crippen LogP contribution in [0.1, 0.15) is 56.0 Å². The van der Waals surface area contributed by atoms with E-state index in [1.165, 1.54) is 61.0 Å². The fourth-order valence-corrected chi connectivity index (χ4v) is 5.63. The predicted molar refractivity (Wildman–Crippen MR) is 141 cm³/mol. The summed E-state index contributed by atoms with van der Waals surface area (Å²) in [5, 5.41) is 3.99. The highest BCUT2D eigenvalue weighted by Gasteiger charge is 2.30. The maximum absolute atomic E-state index is 2.55. The van der Waals surface area contributed by atoms with Gasteiger partial charge in [-0.25, -0.2) is 4.57 Å². The molecule has 0 saturated carbocycles. The standard InChI is InChI=1S/C31H35N2/c1-19(2)18-23-13-11-15-24(20(3)4)29(23)30-22(6)32(7)31-28-21(5)12-10-16-26(28)25-14-8-9-17-27(25)33(30)31/h8-17,19-20H,18H2,1-7H3/q+1. The van der Waals surface area contributed by atoms with E-state index in [2.05, 4.69) is 118 Å². The van der Waals surface area contributed by atoms with Crippen LogP contribution >= 0.6 is 0 Å². The van der Waals surface area contributed by atoms with Gasteiger partial charge >= 0.3 is 0 Å². The van der Waals surface area contributed by atoms with Gasteiger partial charge in [0, 0.05) is 23.3 Å². The molecule has 0 aliphatic carbocycles. The van der Waals surface area contributed by atoms with Crippen molar-refractivity contribution in [3.8, 4) is 11.3 Å². The number of hydrogen-bond acceptors (Lipinski definition) is 0. The van der Waals surface area contributed by atoms with Crippen molar-refractivity contribution in [1.82, 2.24) is 4.57 Å². The van der Waals surface area contributed by atoms with Crippen LogP contribution in [0.5, 0.6) is 0 Å². The van der Waals surface area contributed by atoms with Crippen molar-refractivity contribution in [1.29, 1.82) is 0 Å². The maximum atomic E-state index is 2.55. The van der Waals surface area contributed by atoms with E-state index < -0.39 is 0 Å². The van der Waals surface area contributed by atoms with Crippen molar-refractivity contribution >= 4 is 27.3 Å². The monoisotopic (exact) mass is 435 g/mol. The minimum Gasteiger partial charge on any atom is -0.229 e. The zero-order valence-electron chi connectivity index (χ0n) is 21.0. The van der Waals surface area contributed by atoms with Crippen molar-refractivity contribution in [2.75, 3.05) is 0 Å².